The molecule has 4 aromatic carbocycles. The van der Waals surface area contributed by atoms with Crippen LogP contribution in [0.1, 0.15) is 0 Å². The summed E-state index contributed by atoms with van der Waals surface area (Å²) in [5.74, 6) is -3.90. The summed E-state index contributed by atoms with van der Waals surface area (Å²) in [5, 5.41) is 53.5. The second-order valence-corrected chi connectivity index (χ2v) is 19.4. The number of sulfone groups is 2. The molecule has 4 rings (SSSR count). The van der Waals surface area contributed by atoms with Crippen LogP contribution in [0, 0.1) is 0 Å². The Kier molecular flexibility index (Phi) is 29.5. The first-order chi connectivity index (χ1) is 30.1. The van der Waals surface area contributed by atoms with Crippen LogP contribution in [0.5, 0.6) is 28.7 Å². The molecule has 38 heteroatoms. The molecule has 0 aliphatic rings. The Labute approximate surface area is 484 Å². The van der Waals surface area contributed by atoms with Crippen LogP contribution < -0.4 is 153 Å². The van der Waals surface area contributed by atoms with Crippen LogP contribution in [0.3, 0.4) is 0 Å². The number of benzene rings is 4. The average molecular weight is 1110 g/mol. The number of aromatic hydroxyl groups is 1. The number of azo groups is 2. The first-order valence-electron chi connectivity index (χ1n) is 16.4. The molecule has 0 spiro atoms. The molecule has 0 aliphatic heterocycles. The molecule has 4 aromatic rings. The van der Waals surface area contributed by atoms with E-state index in [0.717, 1.165) is 58.8 Å². The Balaban J connectivity index is 0.0000112. The van der Waals surface area contributed by atoms with Gasteiger partial charge in [-0.05, 0) is 12.1 Å². The molecule has 0 saturated heterocycles. The summed E-state index contributed by atoms with van der Waals surface area (Å²) in [6, 6.07) is 5.54. The summed E-state index contributed by atoms with van der Waals surface area (Å²) in [5.41, 5.74) is 4.06. The number of ether oxygens (including phenoxy) is 4. The zero-order valence-electron chi connectivity index (χ0n) is 36.5. The number of anilines is 1. The Hall–Kier alpha value is -0.760. The molecule has 68 heavy (non-hydrogen) atoms. The Morgan fingerprint density at radius 3 is 1.54 bits per heavy atom. The number of rotatable bonds is 24. The fourth-order valence-electron chi connectivity index (χ4n) is 5.24. The van der Waals surface area contributed by atoms with Crippen LogP contribution in [-0.2, 0) is 67.3 Å². The first kappa shape index (κ1) is 67.2. The van der Waals surface area contributed by atoms with Gasteiger partial charge >= 0.3 is 118 Å². The third-order valence-corrected chi connectivity index (χ3v) is 13.7. The monoisotopic (exact) mass is 1110 g/mol. The van der Waals surface area contributed by atoms with Crippen molar-refractivity contribution in [3.63, 3.8) is 0 Å². The summed E-state index contributed by atoms with van der Waals surface area (Å²) in [4.78, 5) is -2.44. The molecular formula is C30H29N5Na4O23S6. The number of phenols is 1. The summed E-state index contributed by atoms with van der Waals surface area (Å²) >= 11 is 0.155. The van der Waals surface area contributed by atoms with E-state index in [1.807, 2.05) is 0 Å². The van der Waals surface area contributed by atoms with E-state index in [4.69, 9.17) is 28.9 Å². The molecule has 0 aromatic heterocycles. The van der Waals surface area contributed by atoms with Crippen molar-refractivity contribution < 1.29 is 223 Å². The van der Waals surface area contributed by atoms with Gasteiger partial charge in [-0.2, -0.15) is 4.33 Å². The standard InChI is InChI=1S/C30H33N5O23S6.4Na/c1-49-19-13-26(62(41,42)8-6-54-64(46,47)48)21(51-3)10-16(19)32-34-18-12-24(63(43,44)45)15-9-23(59-57-55-37)29(30(36)27(15)28(18)31)35-33-17-11-22(52-4)25(14-20(17)50-2)61(39,40)7-5-53-60-58-56-38;;;;/h9-14,36-38H,5-8,31H2,1-4H3,(H,43,44,45)(H,46,47,48);;;;/q;4*+1/p-4. The van der Waals surface area contributed by atoms with Crippen molar-refractivity contribution in [2.45, 2.75) is 19.6 Å². The van der Waals surface area contributed by atoms with Crippen LogP contribution in [0.2, 0.25) is 0 Å². The van der Waals surface area contributed by atoms with Crippen molar-refractivity contribution >= 4 is 104 Å². The number of phenolic OH excluding ortho intramolecular Hbond substituents is 1. The molecule has 0 amide bonds. The molecule has 0 bridgehead atoms. The molecular weight excluding hydrogens is 1080 g/mol. The summed E-state index contributed by atoms with van der Waals surface area (Å²) in [6.07, 6.45) is 0. The zero-order valence-corrected chi connectivity index (χ0v) is 49.4. The topological polar surface area (TPSA) is 417 Å². The minimum Gasteiger partial charge on any atom is -0.744 e. The molecule has 352 valence electrons. The molecule has 0 atom stereocenters. The number of hydrogen-bond acceptors (Lipinski definition) is 30. The van der Waals surface area contributed by atoms with Crippen molar-refractivity contribution in [1.82, 2.24) is 0 Å². The van der Waals surface area contributed by atoms with E-state index in [1.165, 1.54) is 0 Å². The summed E-state index contributed by atoms with van der Waals surface area (Å²) in [7, 11) is -14.9. The van der Waals surface area contributed by atoms with E-state index in [2.05, 4.69) is 43.4 Å². The fourth-order valence-corrected chi connectivity index (χ4v) is 9.64. The van der Waals surface area contributed by atoms with Crippen molar-refractivity contribution in [2.75, 3.05) is 58.9 Å². The second kappa shape index (κ2) is 29.8. The van der Waals surface area contributed by atoms with Crippen LogP contribution in [-0.4, -0.2) is 101 Å². The average Bonchev–Trinajstić information content (AvgIpc) is 3.23. The van der Waals surface area contributed by atoms with Crippen LogP contribution in [0.25, 0.3) is 10.8 Å². The van der Waals surface area contributed by atoms with Crippen molar-refractivity contribution in [1.29, 1.82) is 0 Å². The van der Waals surface area contributed by atoms with Crippen molar-refractivity contribution in [3.8, 4) is 28.7 Å². The van der Waals surface area contributed by atoms with Gasteiger partial charge in [0.15, 0.2) is 37.7 Å². The number of nitrogens with zero attached hydrogens (tertiary/aromatic N) is 4. The van der Waals surface area contributed by atoms with E-state index in [9.17, 15) is 58.4 Å². The largest absolute Gasteiger partial charge is 1.00 e. The Morgan fingerprint density at radius 2 is 1.09 bits per heavy atom. The summed E-state index contributed by atoms with van der Waals surface area (Å²) in [6.45, 7) is -1.52. The number of nitrogens with two attached hydrogens (primary N) is 1. The predicted molar refractivity (Wildman–Crippen MR) is 209 cm³/mol. The minimum atomic E-state index is -5.49. The van der Waals surface area contributed by atoms with Gasteiger partial charge in [0.25, 0.3) is 0 Å². The number of fused-ring (bicyclic) bond motifs is 1. The minimum absolute atomic E-state index is 0. The van der Waals surface area contributed by atoms with E-state index in [0.29, 0.717) is 6.07 Å². The number of nitrogen functional groups attached to an aromatic ring is 1. The first-order valence-corrected chi connectivity index (χ1v) is 23.9. The molecule has 0 aliphatic carbocycles. The maximum atomic E-state index is 13.1. The Morgan fingerprint density at radius 1 is 0.618 bits per heavy atom. The van der Waals surface area contributed by atoms with Gasteiger partial charge < -0.3 is 49.4 Å². The molecule has 0 heterocycles. The van der Waals surface area contributed by atoms with Gasteiger partial charge in [-0.3, -0.25) is 18.4 Å². The quantitative estimate of drug-likeness (QED) is 0.00757. The molecule has 28 nitrogen and oxygen atoms in total. The maximum absolute atomic E-state index is 13.1. The van der Waals surface area contributed by atoms with Gasteiger partial charge in [-0.15, -0.1) is 24.8 Å². The summed E-state index contributed by atoms with van der Waals surface area (Å²) < 4.78 is 160. The van der Waals surface area contributed by atoms with Gasteiger partial charge in [0.05, 0.1) is 86.1 Å². The van der Waals surface area contributed by atoms with E-state index in [-0.39, 0.29) is 171 Å². The smallest absolute Gasteiger partial charge is 0.744 e. The molecule has 0 saturated carbocycles. The second-order valence-electron chi connectivity index (χ2n) is 11.6. The molecule has 0 fully saturated rings. The third kappa shape index (κ3) is 17.7. The van der Waals surface area contributed by atoms with E-state index in [1.54, 1.807) is 0 Å². The van der Waals surface area contributed by atoms with Gasteiger partial charge in [0.2, 0.25) is 10.4 Å². The fraction of sp³-hybridized carbons (Fsp3) is 0.267. The normalized spacial score (nSPS) is 11.9. The van der Waals surface area contributed by atoms with Crippen LogP contribution >= 0.6 is 24.4 Å². The molecule has 0 radical (unpaired) electrons. The third-order valence-electron chi connectivity index (χ3n) is 7.98. The van der Waals surface area contributed by atoms with E-state index < -0.39 is 124 Å². The van der Waals surface area contributed by atoms with Crippen LogP contribution in [0.15, 0.2) is 76.4 Å². The van der Waals surface area contributed by atoms with Crippen molar-refractivity contribution in [2.24, 2.45) is 20.5 Å². The van der Waals surface area contributed by atoms with Crippen LogP contribution in [0.4, 0.5) is 28.4 Å². The Bertz CT molecular complexity index is 2900. The van der Waals surface area contributed by atoms with E-state index >= 15 is 0 Å². The van der Waals surface area contributed by atoms with Gasteiger partial charge in [-0.25, -0.2) is 33.7 Å². The SMILES string of the molecule is COc1cc(S(=O)(=O)CCOS(=O)(=O)[O-])c(OC)cc1N=Nc1cc(S(=O)(=O)[O-])c2cc(SOO[O-])c(N=Nc3cc(OC)c(S(=O)(=O)CCOSOO[O-])cc3OC)c(O)c2c1N.[Na+].[Na+].[Na+].[Na+]. The predicted octanol–water partition coefficient (Wildman–Crippen LogP) is -10.0. The van der Waals surface area contributed by atoms with Gasteiger partial charge in [-0.1, -0.05) is 0 Å². The number of hydrogen-bond donors (Lipinski definition) is 2. The van der Waals surface area contributed by atoms with Crippen molar-refractivity contribution in [3.05, 3.63) is 36.4 Å². The number of methoxy groups -OCH3 is 4. The van der Waals surface area contributed by atoms with Gasteiger partial charge in [0.1, 0.15) is 65.7 Å². The van der Waals surface area contributed by atoms with Gasteiger partial charge in [0, 0.05) is 29.7 Å². The molecule has 3 N–H and O–H groups in total. The molecule has 0 unspecified atom stereocenters. The zero-order chi connectivity index (χ0) is 47.6. The maximum Gasteiger partial charge on any atom is 1.00 e.